The maximum absolute atomic E-state index is 11.7. The zero-order chi connectivity index (χ0) is 12.7. The molecule has 17 heavy (non-hydrogen) atoms. The van der Waals surface area contributed by atoms with Crippen LogP contribution in [0, 0.1) is 5.92 Å². The number of carbonyl (C=O) groups is 1. The lowest BCUT2D eigenvalue weighted by Gasteiger charge is -2.10. The first-order valence-electron chi connectivity index (χ1n) is 6.08. The first-order chi connectivity index (χ1) is 8.17. The highest BCUT2D eigenvalue weighted by molar-refractivity contribution is 5.78. The SMILES string of the molecule is CCc1cnc(CNC(=O)C(C)CCCN)o1. The summed E-state index contributed by atoms with van der Waals surface area (Å²) in [7, 11) is 0. The van der Waals surface area contributed by atoms with Gasteiger partial charge in [0.25, 0.3) is 0 Å². The summed E-state index contributed by atoms with van der Waals surface area (Å²) in [5, 5.41) is 2.81. The minimum atomic E-state index is -0.0147. The van der Waals surface area contributed by atoms with Crippen LogP contribution in [-0.2, 0) is 17.8 Å². The predicted molar refractivity (Wildman–Crippen MR) is 65.2 cm³/mol. The molecule has 0 aliphatic carbocycles. The quantitative estimate of drug-likeness (QED) is 0.749. The van der Waals surface area contributed by atoms with Crippen LogP contribution in [0.2, 0.25) is 0 Å². The second-order valence-electron chi connectivity index (χ2n) is 4.12. The van der Waals surface area contributed by atoms with Crippen molar-refractivity contribution in [3.8, 4) is 0 Å². The number of carbonyl (C=O) groups excluding carboxylic acids is 1. The molecule has 0 aliphatic heterocycles. The molecule has 1 aromatic rings. The van der Waals surface area contributed by atoms with Crippen LogP contribution in [0.1, 0.15) is 38.3 Å². The Morgan fingerprint density at radius 3 is 3.00 bits per heavy atom. The van der Waals surface area contributed by atoms with Crippen LogP contribution in [-0.4, -0.2) is 17.4 Å². The Balaban J connectivity index is 2.32. The van der Waals surface area contributed by atoms with Crippen molar-refractivity contribution in [3.63, 3.8) is 0 Å². The van der Waals surface area contributed by atoms with E-state index in [0.29, 0.717) is 19.0 Å². The number of hydrogen-bond donors (Lipinski definition) is 2. The normalized spacial score (nSPS) is 12.4. The summed E-state index contributed by atoms with van der Waals surface area (Å²) < 4.78 is 5.40. The van der Waals surface area contributed by atoms with Crippen molar-refractivity contribution in [2.75, 3.05) is 6.54 Å². The number of amides is 1. The number of aromatic nitrogens is 1. The average Bonchev–Trinajstić information content (AvgIpc) is 2.80. The predicted octanol–water partition coefficient (Wildman–Crippen LogP) is 1.23. The molecular formula is C12H21N3O2. The Bertz CT molecular complexity index is 349. The zero-order valence-electron chi connectivity index (χ0n) is 10.5. The molecule has 1 atom stereocenters. The van der Waals surface area contributed by atoms with Gasteiger partial charge in [-0.3, -0.25) is 4.79 Å². The smallest absolute Gasteiger partial charge is 0.223 e. The minimum Gasteiger partial charge on any atom is -0.444 e. The van der Waals surface area contributed by atoms with Crippen LogP contribution < -0.4 is 11.1 Å². The van der Waals surface area contributed by atoms with Gasteiger partial charge in [0, 0.05) is 12.3 Å². The summed E-state index contributed by atoms with van der Waals surface area (Å²) >= 11 is 0. The summed E-state index contributed by atoms with van der Waals surface area (Å²) in [5.74, 6) is 1.40. The van der Waals surface area contributed by atoms with E-state index in [0.717, 1.165) is 25.0 Å². The highest BCUT2D eigenvalue weighted by Gasteiger charge is 2.12. The molecular weight excluding hydrogens is 218 g/mol. The molecule has 0 saturated carbocycles. The van der Waals surface area contributed by atoms with Gasteiger partial charge >= 0.3 is 0 Å². The van der Waals surface area contributed by atoms with Crippen LogP contribution in [0.25, 0.3) is 0 Å². The summed E-state index contributed by atoms with van der Waals surface area (Å²) in [6.45, 7) is 4.87. The van der Waals surface area contributed by atoms with Gasteiger partial charge in [-0.05, 0) is 19.4 Å². The van der Waals surface area contributed by atoms with E-state index in [-0.39, 0.29) is 11.8 Å². The van der Waals surface area contributed by atoms with Crippen LogP contribution in [0.5, 0.6) is 0 Å². The largest absolute Gasteiger partial charge is 0.444 e. The fourth-order valence-electron chi connectivity index (χ4n) is 1.49. The monoisotopic (exact) mass is 239 g/mol. The van der Waals surface area contributed by atoms with Crippen molar-refractivity contribution >= 4 is 5.91 Å². The molecule has 5 heteroatoms. The van der Waals surface area contributed by atoms with Crippen molar-refractivity contribution in [2.45, 2.75) is 39.7 Å². The van der Waals surface area contributed by atoms with Gasteiger partial charge in [0.2, 0.25) is 11.8 Å². The summed E-state index contributed by atoms with van der Waals surface area (Å²) in [6.07, 6.45) is 4.19. The fraction of sp³-hybridized carbons (Fsp3) is 0.667. The van der Waals surface area contributed by atoms with E-state index in [2.05, 4.69) is 10.3 Å². The van der Waals surface area contributed by atoms with Crippen LogP contribution >= 0.6 is 0 Å². The molecule has 0 saturated heterocycles. The summed E-state index contributed by atoms with van der Waals surface area (Å²) in [6, 6.07) is 0. The van der Waals surface area contributed by atoms with E-state index in [1.54, 1.807) is 6.20 Å². The van der Waals surface area contributed by atoms with Crippen molar-refractivity contribution in [1.29, 1.82) is 0 Å². The number of aryl methyl sites for hydroxylation is 1. The van der Waals surface area contributed by atoms with Gasteiger partial charge in [-0.2, -0.15) is 0 Å². The van der Waals surface area contributed by atoms with Crippen LogP contribution in [0.4, 0.5) is 0 Å². The average molecular weight is 239 g/mol. The van der Waals surface area contributed by atoms with Gasteiger partial charge in [0.05, 0.1) is 12.7 Å². The molecule has 1 aromatic heterocycles. The van der Waals surface area contributed by atoms with Gasteiger partial charge in [-0.1, -0.05) is 13.8 Å². The lowest BCUT2D eigenvalue weighted by atomic mass is 10.1. The fourth-order valence-corrected chi connectivity index (χ4v) is 1.49. The highest BCUT2D eigenvalue weighted by atomic mass is 16.4. The first-order valence-corrected chi connectivity index (χ1v) is 6.08. The number of nitrogens with zero attached hydrogens (tertiary/aromatic N) is 1. The molecule has 0 radical (unpaired) electrons. The molecule has 0 aromatic carbocycles. The first kappa shape index (κ1) is 13.7. The second kappa shape index (κ2) is 7.06. The van der Waals surface area contributed by atoms with Crippen molar-refractivity contribution in [3.05, 3.63) is 17.8 Å². The molecule has 1 unspecified atom stereocenters. The number of hydrogen-bond acceptors (Lipinski definition) is 4. The van der Waals surface area contributed by atoms with Crippen molar-refractivity contribution in [2.24, 2.45) is 11.7 Å². The molecule has 1 amide bonds. The zero-order valence-corrected chi connectivity index (χ0v) is 10.5. The molecule has 96 valence electrons. The lowest BCUT2D eigenvalue weighted by Crippen LogP contribution is -2.29. The van der Waals surface area contributed by atoms with Crippen molar-refractivity contribution < 1.29 is 9.21 Å². The van der Waals surface area contributed by atoms with E-state index >= 15 is 0 Å². The number of nitrogens with one attached hydrogen (secondary N) is 1. The topological polar surface area (TPSA) is 81.2 Å². The van der Waals surface area contributed by atoms with E-state index in [9.17, 15) is 4.79 Å². The maximum Gasteiger partial charge on any atom is 0.223 e. The Morgan fingerprint density at radius 2 is 2.41 bits per heavy atom. The second-order valence-corrected chi connectivity index (χ2v) is 4.12. The highest BCUT2D eigenvalue weighted by Crippen LogP contribution is 2.06. The Kier molecular flexibility index (Phi) is 5.69. The third-order valence-corrected chi connectivity index (χ3v) is 2.65. The molecule has 0 bridgehead atoms. The molecule has 1 heterocycles. The minimum absolute atomic E-state index is 0.0147. The summed E-state index contributed by atoms with van der Waals surface area (Å²) in [4.78, 5) is 15.8. The van der Waals surface area contributed by atoms with Gasteiger partial charge in [-0.15, -0.1) is 0 Å². The molecule has 0 aliphatic rings. The van der Waals surface area contributed by atoms with Crippen LogP contribution in [0.15, 0.2) is 10.6 Å². The Morgan fingerprint density at radius 1 is 1.65 bits per heavy atom. The van der Waals surface area contributed by atoms with Gasteiger partial charge in [-0.25, -0.2) is 4.98 Å². The van der Waals surface area contributed by atoms with Gasteiger partial charge < -0.3 is 15.5 Å². The van der Waals surface area contributed by atoms with E-state index in [1.165, 1.54) is 0 Å². The van der Waals surface area contributed by atoms with E-state index < -0.39 is 0 Å². The molecule has 3 N–H and O–H groups in total. The number of oxazole rings is 1. The van der Waals surface area contributed by atoms with Gasteiger partial charge in [0.15, 0.2) is 0 Å². The van der Waals surface area contributed by atoms with E-state index in [4.69, 9.17) is 10.2 Å². The number of rotatable bonds is 7. The lowest BCUT2D eigenvalue weighted by molar-refractivity contribution is -0.125. The molecule has 0 fully saturated rings. The maximum atomic E-state index is 11.7. The van der Waals surface area contributed by atoms with Gasteiger partial charge in [0.1, 0.15) is 5.76 Å². The van der Waals surface area contributed by atoms with Crippen molar-refractivity contribution in [1.82, 2.24) is 10.3 Å². The van der Waals surface area contributed by atoms with Crippen LogP contribution in [0.3, 0.4) is 0 Å². The molecule has 0 spiro atoms. The Hall–Kier alpha value is -1.36. The number of nitrogens with two attached hydrogens (primary N) is 1. The molecule has 1 rings (SSSR count). The van der Waals surface area contributed by atoms with E-state index in [1.807, 2.05) is 13.8 Å². The summed E-state index contributed by atoms with van der Waals surface area (Å²) in [5.41, 5.74) is 5.40. The standard InChI is InChI=1S/C12H21N3O2/c1-3-10-7-14-11(17-10)8-15-12(16)9(2)5-4-6-13/h7,9H,3-6,8,13H2,1-2H3,(H,15,16). The molecule has 5 nitrogen and oxygen atoms in total. The Labute approximate surface area is 102 Å². The third-order valence-electron chi connectivity index (χ3n) is 2.65. The third kappa shape index (κ3) is 4.56.